The summed E-state index contributed by atoms with van der Waals surface area (Å²) >= 11 is 1.98. The van der Waals surface area contributed by atoms with Crippen molar-refractivity contribution in [2.45, 2.75) is 31.6 Å². The fraction of sp³-hybridized carbons (Fsp3) is 0.533. The SMILES string of the molecule is CC1(C)CCN(Cc2cc(C#N)ccc2F)CCS1. The highest BCUT2D eigenvalue weighted by Gasteiger charge is 2.24. The normalized spacial score (nSPS) is 19.7. The first-order valence-corrected chi connectivity index (χ1v) is 7.53. The topological polar surface area (TPSA) is 27.0 Å². The molecule has 1 fully saturated rings. The van der Waals surface area contributed by atoms with E-state index in [0.717, 1.165) is 25.3 Å². The Hall–Kier alpha value is -1.05. The smallest absolute Gasteiger partial charge is 0.127 e. The fourth-order valence-electron chi connectivity index (χ4n) is 2.23. The zero-order valence-electron chi connectivity index (χ0n) is 11.4. The Morgan fingerprint density at radius 3 is 2.95 bits per heavy atom. The molecule has 0 radical (unpaired) electrons. The van der Waals surface area contributed by atoms with Crippen molar-refractivity contribution in [3.8, 4) is 6.07 Å². The molecule has 0 atom stereocenters. The number of nitriles is 1. The van der Waals surface area contributed by atoms with Gasteiger partial charge in [-0.15, -0.1) is 0 Å². The third kappa shape index (κ3) is 3.95. The van der Waals surface area contributed by atoms with Crippen LogP contribution in [0, 0.1) is 17.1 Å². The Balaban J connectivity index is 2.07. The Morgan fingerprint density at radius 2 is 2.21 bits per heavy atom. The molecule has 2 nitrogen and oxygen atoms in total. The van der Waals surface area contributed by atoms with Gasteiger partial charge in [-0.2, -0.15) is 17.0 Å². The van der Waals surface area contributed by atoms with E-state index in [-0.39, 0.29) is 5.82 Å². The first-order chi connectivity index (χ1) is 9.00. The average Bonchev–Trinajstić information content (AvgIpc) is 2.54. The number of benzene rings is 1. The van der Waals surface area contributed by atoms with Crippen molar-refractivity contribution in [1.29, 1.82) is 5.26 Å². The van der Waals surface area contributed by atoms with Crippen LogP contribution in [-0.4, -0.2) is 28.5 Å². The molecule has 1 aromatic rings. The molecule has 19 heavy (non-hydrogen) atoms. The Morgan fingerprint density at radius 1 is 1.42 bits per heavy atom. The van der Waals surface area contributed by atoms with Crippen LogP contribution in [0.5, 0.6) is 0 Å². The largest absolute Gasteiger partial charge is 0.298 e. The predicted octanol–water partition coefficient (Wildman–Crippen LogP) is 3.41. The highest BCUT2D eigenvalue weighted by molar-refractivity contribution is 8.00. The molecular weight excluding hydrogens is 259 g/mol. The minimum absolute atomic E-state index is 0.213. The molecule has 0 spiro atoms. The van der Waals surface area contributed by atoms with Crippen LogP contribution >= 0.6 is 11.8 Å². The zero-order valence-corrected chi connectivity index (χ0v) is 12.3. The van der Waals surface area contributed by atoms with E-state index in [9.17, 15) is 4.39 Å². The summed E-state index contributed by atoms with van der Waals surface area (Å²) in [5, 5.41) is 8.88. The van der Waals surface area contributed by atoms with Gasteiger partial charge in [-0.25, -0.2) is 4.39 Å². The Bertz CT molecular complexity index is 493. The molecule has 0 amide bonds. The van der Waals surface area contributed by atoms with Gasteiger partial charge in [0.25, 0.3) is 0 Å². The standard InChI is InChI=1S/C15H19FN2S/c1-15(2)5-6-18(7-8-19-15)11-13-9-12(10-17)3-4-14(13)16/h3-4,9H,5-8,11H2,1-2H3. The van der Waals surface area contributed by atoms with Gasteiger partial charge in [-0.1, -0.05) is 13.8 Å². The summed E-state index contributed by atoms with van der Waals surface area (Å²) in [5.74, 6) is 0.863. The lowest BCUT2D eigenvalue weighted by Crippen LogP contribution is -2.27. The van der Waals surface area contributed by atoms with Crippen molar-refractivity contribution in [3.63, 3.8) is 0 Å². The first-order valence-electron chi connectivity index (χ1n) is 6.55. The van der Waals surface area contributed by atoms with E-state index in [0.29, 0.717) is 22.4 Å². The van der Waals surface area contributed by atoms with Gasteiger partial charge >= 0.3 is 0 Å². The van der Waals surface area contributed by atoms with Crippen LogP contribution in [0.15, 0.2) is 18.2 Å². The second-order valence-corrected chi connectivity index (χ2v) is 7.35. The van der Waals surface area contributed by atoms with Gasteiger partial charge in [0, 0.05) is 29.2 Å². The van der Waals surface area contributed by atoms with E-state index in [4.69, 9.17) is 5.26 Å². The fourth-order valence-corrected chi connectivity index (χ4v) is 3.36. The molecule has 1 saturated heterocycles. The third-order valence-corrected chi connectivity index (χ3v) is 4.87. The van der Waals surface area contributed by atoms with E-state index in [1.54, 1.807) is 6.07 Å². The Kier molecular flexibility index (Phi) is 4.49. The third-order valence-electron chi connectivity index (χ3n) is 3.50. The second kappa shape index (κ2) is 5.94. The molecule has 102 valence electrons. The summed E-state index contributed by atoms with van der Waals surface area (Å²) in [6.07, 6.45) is 1.11. The van der Waals surface area contributed by atoms with Gasteiger partial charge in [-0.05, 0) is 31.2 Å². The number of halogens is 1. The van der Waals surface area contributed by atoms with Crippen molar-refractivity contribution in [3.05, 3.63) is 35.1 Å². The van der Waals surface area contributed by atoms with Crippen LogP contribution in [-0.2, 0) is 6.54 Å². The lowest BCUT2D eigenvalue weighted by atomic mass is 10.1. The quantitative estimate of drug-likeness (QED) is 0.829. The van der Waals surface area contributed by atoms with Crippen LogP contribution in [0.3, 0.4) is 0 Å². The summed E-state index contributed by atoms with van der Waals surface area (Å²) in [4.78, 5) is 2.28. The predicted molar refractivity (Wildman–Crippen MR) is 77.5 cm³/mol. The molecule has 0 saturated carbocycles. The summed E-state index contributed by atoms with van der Waals surface area (Å²) in [6, 6.07) is 6.65. The lowest BCUT2D eigenvalue weighted by Gasteiger charge is -2.22. The van der Waals surface area contributed by atoms with Crippen LogP contribution in [0.1, 0.15) is 31.4 Å². The first kappa shape index (κ1) is 14.4. The summed E-state index contributed by atoms with van der Waals surface area (Å²) in [5.41, 5.74) is 1.16. The van der Waals surface area contributed by atoms with Gasteiger partial charge in [0.15, 0.2) is 0 Å². The van der Waals surface area contributed by atoms with E-state index < -0.39 is 0 Å². The minimum atomic E-state index is -0.213. The van der Waals surface area contributed by atoms with Crippen molar-refractivity contribution >= 4 is 11.8 Å². The molecule has 1 aliphatic rings. The van der Waals surface area contributed by atoms with Crippen LogP contribution in [0.4, 0.5) is 4.39 Å². The summed E-state index contributed by atoms with van der Waals surface area (Å²) in [6.45, 7) is 7.08. The number of thioether (sulfide) groups is 1. The molecule has 0 bridgehead atoms. The molecule has 1 heterocycles. The maximum Gasteiger partial charge on any atom is 0.127 e. The van der Waals surface area contributed by atoms with Crippen molar-refractivity contribution < 1.29 is 4.39 Å². The minimum Gasteiger partial charge on any atom is -0.298 e. The number of rotatable bonds is 2. The second-order valence-electron chi connectivity index (χ2n) is 5.55. The Labute approximate surface area is 118 Å². The highest BCUT2D eigenvalue weighted by Crippen LogP contribution is 2.31. The van der Waals surface area contributed by atoms with Crippen molar-refractivity contribution in [1.82, 2.24) is 4.90 Å². The maximum atomic E-state index is 13.8. The zero-order chi connectivity index (χ0) is 13.9. The van der Waals surface area contributed by atoms with Gasteiger partial charge in [0.1, 0.15) is 5.82 Å². The maximum absolute atomic E-state index is 13.8. The molecule has 4 heteroatoms. The van der Waals surface area contributed by atoms with Gasteiger partial charge in [0.05, 0.1) is 11.6 Å². The van der Waals surface area contributed by atoms with Crippen LogP contribution in [0.2, 0.25) is 0 Å². The van der Waals surface area contributed by atoms with Gasteiger partial charge in [-0.3, -0.25) is 4.90 Å². The highest BCUT2D eigenvalue weighted by atomic mass is 32.2. The number of nitrogens with zero attached hydrogens (tertiary/aromatic N) is 2. The van der Waals surface area contributed by atoms with Crippen molar-refractivity contribution in [2.24, 2.45) is 0 Å². The lowest BCUT2D eigenvalue weighted by molar-refractivity contribution is 0.272. The van der Waals surface area contributed by atoms with Gasteiger partial charge < -0.3 is 0 Å². The monoisotopic (exact) mass is 278 g/mol. The summed E-state index contributed by atoms with van der Waals surface area (Å²) in [7, 11) is 0. The number of hydrogen-bond acceptors (Lipinski definition) is 3. The molecule has 0 aliphatic carbocycles. The summed E-state index contributed by atoms with van der Waals surface area (Å²) < 4.78 is 14.1. The number of hydrogen-bond donors (Lipinski definition) is 0. The molecule has 0 aromatic heterocycles. The average molecular weight is 278 g/mol. The van der Waals surface area contributed by atoms with Crippen LogP contribution < -0.4 is 0 Å². The molecular formula is C15H19FN2S. The van der Waals surface area contributed by atoms with E-state index >= 15 is 0 Å². The van der Waals surface area contributed by atoms with E-state index in [2.05, 4.69) is 24.8 Å². The molecule has 0 N–H and O–H groups in total. The van der Waals surface area contributed by atoms with E-state index in [1.165, 1.54) is 12.1 Å². The molecule has 0 unspecified atom stereocenters. The van der Waals surface area contributed by atoms with Crippen molar-refractivity contribution in [2.75, 3.05) is 18.8 Å². The van der Waals surface area contributed by atoms with Crippen LogP contribution in [0.25, 0.3) is 0 Å². The molecule has 1 aliphatic heterocycles. The molecule has 2 rings (SSSR count). The van der Waals surface area contributed by atoms with Gasteiger partial charge in [0.2, 0.25) is 0 Å². The van der Waals surface area contributed by atoms with E-state index in [1.807, 2.05) is 11.8 Å². The molecule has 1 aromatic carbocycles.